The van der Waals surface area contributed by atoms with Gasteiger partial charge in [0, 0.05) is 6.54 Å². The maximum Gasteiger partial charge on any atom is 0.265 e. The van der Waals surface area contributed by atoms with Gasteiger partial charge in [-0.2, -0.15) is 0 Å². The van der Waals surface area contributed by atoms with Crippen molar-refractivity contribution in [3.05, 3.63) is 45.4 Å². The molecule has 2 rings (SSSR count). The minimum atomic E-state index is -0.587. The third-order valence-corrected chi connectivity index (χ3v) is 4.06. The van der Waals surface area contributed by atoms with E-state index in [1.807, 2.05) is 0 Å². The summed E-state index contributed by atoms with van der Waals surface area (Å²) in [5.74, 6) is -1.22. The Hall–Kier alpha value is -1.70. The molecule has 0 saturated carbocycles. The standard InChI is InChI=1S/C14H10BrClN2O3S/c1-2-3-18-13(21)8(12(20)17-14(18)22)4-7-5-9(15)11(19)10(16)6-7/h2,4-6,19H,1,3H2,(H,17,20,22)/b8-4+. The van der Waals surface area contributed by atoms with Crippen molar-refractivity contribution in [3.8, 4) is 5.75 Å². The number of nitrogens with zero attached hydrogens (tertiary/aromatic N) is 1. The summed E-state index contributed by atoms with van der Waals surface area (Å²) >= 11 is 14.0. The summed E-state index contributed by atoms with van der Waals surface area (Å²) in [4.78, 5) is 25.5. The summed E-state index contributed by atoms with van der Waals surface area (Å²) in [5.41, 5.74) is 0.406. The molecule has 2 N–H and O–H groups in total. The topological polar surface area (TPSA) is 69.6 Å². The van der Waals surface area contributed by atoms with Gasteiger partial charge in [-0.05, 0) is 51.9 Å². The van der Waals surface area contributed by atoms with Gasteiger partial charge in [-0.25, -0.2) is 0 Å². The molecule has 5 nitrogen and oxygen atoms in total. The molecule has 114 valence electrons. The van der Waals surface area contributed by atoms with Crippen molar-refractivity contribution in [2.45, 2.75) is 0 Å². The molecule has 1 saturated heterocycles. The predicted octanol–water partition coefficient (Wildman–Crippen LogP) is 2.62. The van der Waals surface area contributed by atoms with E-state index < -0.39 is 11.8 Å². The van der Waals surface area contributed by atoms with Crippen LogP contribution < -0.4 is 5.32 Å². The Kier molecular flexibility index (Phi) is 5.00. The van der Waals surface area contributed by atoms with Crippen molar-refractivity contribution in [1.29, 1.82) is 0 Å². The summed E-state index contributed by atoms with van der Waals surface area (Å²) in [7, 11) is 0. The quantitative estimate of drug-likeness (QED) is 0.353. The Morgan fingerprint density at radius 2 is 2.14 bits per heavy atom. The van der Waals surface area contributed by atoms with E-state index in [0.29, 0.717) is 10.0 Å². The van der Waals surface area contributed by atoms with Gasteiger partial charge >= 0.3 is 0 Å². The molecule has 0 spiro atoms. The SMILES string of the molecule is C=CCN1C(=O)/C(=C/c2cc(Cl)c(O)c(Br)c2)C(=O)NC1=S. The van der Waals surface area contributed by atoms with E-state index in [9.17, 15) is 14.7 Å². The minimum Gasteiger partial charge on any atom is -0.505 e. The highest BCUT2D eigenvalue weighted by Crippen LogP contribution is 2.33. The number of carbonyl (C=O) groups excluding carboxylic acids is 2. The highest BCUT2D eigenvalue weighted by Gasteiger charge is 2.32. The fourth-order valence-electron chi connectivity index (χ4n) is 1.82. The Morgan fingerprint density at radius 1 is 1.45 bits per heavy atom. The Bertz CT molecular complexity index is 710. The van der Waals surface area contributed by atoms with Crippen LogP contribution >= 0.6 is 39.7 Å². The summed E-state index contributed by atoms with van der Waals surface area (Å²) in [6, 6.07) is 2.99. The first kappa shape index (κ1) is 16.7. The number of hydrogen-bond acceptors (Lipinski definition) is 4. The number of carbonyl (C=O) groups is 2. The molecule has 0 aromatic heterocycles. The molecule has 22 heavy (non-hydrogen) atoms. The fourth-order valence-corrected chi connectivity index (χ4v) is 2.89. The maximum atomic E-state index is 12.3. The fraction of sp³-hybridized carbons (Fsp3) is 0.0714. The van der Waals surface area contributed by atoms with Gasteiger partial charge in [0.15, 0.2) is 5.11 Å². The zero-order valence-corrected chi connectivity index (χ0v) is 14.3. The lowest BCUT2D eigenvalue weighted by Crippen LogP contribution is -2.53. The molecule has 0 atom stereocenters. The summed E-state index contributed by atoms with van der Waals surface area (Å²) in [6.45, 7) is 3.74. The lowest BCUT2D eigenvalue weighted by Gasteiger charge is -2.27. The van der Waals surface area contributed by atoms with Crippen molar-refractivity contribution in [3.63, 3.8) is 0 Å². The minimum absolute atomic E-state index is 0.0389. The average Bonchev–Trinajstić information content (AvgIpc) is 2.45. The zero-order valence-electron chi connectivity index (χ0n) is 11.1. The Labute approximate surface area is 145 Å². The molecule has 0 radical (unpaired) electrons. The number of phenolic OH excluding ortho intramolecular Hbond substituents is 1. The van der Waals surface area contributed by atoms with Crippen molar-refractivity contribution in [2.24, 2.45) is 0 Å². The first-order valence-electron chi connectivity index (χ1n) is 6.03. The molecule has 1 fully saturated rings. The molecule has 1 aliphatic heterocycles. The lowest BCUT2D eigenvalue weighted by molar-refractivity contribution is -0.128. The van der Waals surface area contributed by atoms with Crippen molar-refractivity contribution in [1.82, 2.24) is 10.2 Å². The first-order chi connectivity index (χ1) is 10.3. The molecule has 0 unspecified atom stereocenters. The van der Waals surface area contributed by atoms with Crippen LogP contribution in [0.1, 0.15) is 5.56 Å². The second-order valence-corrected chi connectivity index (χ2v) is 6.00. The second-order valence-electron chi connectivity index (χ2n) is 4.35. The molecule has 0 bridgehead atoms. The molecule has 1 aliphatic rings. The van der Waals surface area contributed by atoms with Gasteiger partial charge in [-0.3, -0.25) is 19.8 Å². The van der Waals surface area contributed by atoms with Gasteiger partial charge in [0.05, 0.1) is 9.50 Å². The van der Waals surface area contributed by atoms with E-state index in [-0.39, 0.29) is 28.0 Å². The number of nitrogens with one attached hydrogen (secondary N) is 1. The third-order valence-electron chi connectivity index (χ3n) is 2.85. The molecule has 0 aliphatic carbocycles. The Balaban J connectivity index is 2.45. The zero-order chi connectivity index (χ0) is 16.4. The van der Waals surface area contributed by atoms with E-state index in [0.717, 1.165) is 0 Å². The number of amides is 2. The largest absolute Gasteiger partial charge is 0.505 e. The number of phenols is 1. The smallest absolute Gasteiger partial charge is 0.265 e. The van der Waals surface area contributed by atoms with Crippen LogP contribution in [-0.2, 0) is 9.59 Å². The Morgan fingerprint density at radius 3 is 2.73 bits per heavy atom. The van der Waals surface area contributed by atoms with Gasteiger partial charge < -0.3 is 5.11 Å². The van der Waals surface area contributed by atoms with E-state index in [1.165, 1.54) is 23.1 Å². The van der Waals surface area contributed by atoms with Gasteiger partial charge in [0.1, 0.15) is 11.3 Å². The van der Waals surface area contributed by atoms with Crippen LogP contribution in [0.5, 0.6) is 5.75 Å². The molecule has 1 heterocycles. The highest BCUT2D eigenvalue weighted by atomic mass is 79.9. The number of rotatable bonds is 3. The van der Waals surface area contributed by atoms with Crippen molar-refractivity contribution < 1.29 is 14.7 Å². The maximum absolute atomic E-state index is 12.3. The van der Waals surface area contributed by atoms with Gasteiger partial charge in [0.25, 0.3) is 11.8 Å². The van der Waals surface area contributed by atoms with E-state index in [1.54, 1.807) is 6.07 Å². The monoisotopic (exact) mass is 400 g/mol. The van der Waals surface area contributed by atoms with Crippen LogP contribution in [-0.4, -0.2) is 33.5 Å². The van der Waals surface area contributed by atoms with Crippen LogP contribution in [0.3, 0.4) is 0 Å². The first-order valence-corrected chi connectivity index (χ1v) is 7.61. The molecule has 8 heteroatoms. The van der Waals surface area contributed by atoms with Crippen LogP contribution in [0.15, 0.2) is 34.8 Å². The number of halogens is 2. The molecule has 1 aromatic carbocycles. The van der Waals surface area contributed by atoms with Crippen LogP contribution in [0, 0.1) is 0 Å². The highest BCUT2D eigenvalue weighted by molar-refractivity contribution is 9.10. The van der Waals surface area contributed by atoms with E-state index in [2.05, 4.69) is 27.8 Å². The molecular weight excluding hydrogens is 392 g/mol. The molecule has 1 aromatic rings. The number of hydrogen-bond donors (Lipinski definition) is 2. The number of thiocarbonyl (C=S) groups is 1. The van der Waals surface area contributed by atoms with Crippen molar-refractivity contribution in [2.75, 3.05) is 6.54 Å². The molecular formula is C14H10BrClN2O3S. The predicted molar refractivity (Wildman–Crippen MR) is 91.4 cm³/mol. The third kappa shape index (κ3) is 3.21. The van der Waals surface area contributed by atoms with Gasteiger partial charge in [0.2, 0.25) is 0 Å². The summed E-state index contributed by atoms with van der Waals surface area (Å²) in [5, 5.41) is 12.2. The number of aromatic hydroxyl groups is 1. The second kappa shape index (κ2) is 6.60. The van der Waals surface area contributed by atoms with Crippen molar-refractivity contribution >= 4 is 62.8 Å². The van der Waals surface area contributed by atoms with E-state index >= 15 is 0 Å². The van der Waals surface area contributed by atoms with Gasteiger partial charge in [-0.15, -0.1) is 6.58 Å². The van der Waals surface area contributed by atoms with Crippen LogP contribution in [0.25, 0.3) is 6.08 Å². The van der Waals surface area contributed by atoms with Crippen LogP contribution in [0.2, 0.25) is 5.02 Å². The summed E-state index contributed by atoms with van der Waals surface area (Å²) in [6.07, 6.45) is 2.89. The van der Waals surface area contributed by atoms with Gasteiger partial charge in [-0.1, -0.05) is 17.7 Å². The molecule has 2 amide bonds. The average molecular weight is 402 g/mol. The summed E-state index contributed by atoms with van der Waals surface area (Å²) < 4.78 is 0.356. The normalized spacial score (nSPS) is 16.9. The number of benzene rings is 1. The lowest BCUT2D eigenvalue weighted by atomic mass is 10.1. The van der Waals surface area contributed by atoms with E-state index in [4.69, 9.17) is 23.8 Å². The van der Waals surface area contributed by atoms with Crippen LogP contribution in [0.4, 0.5) is 0 Å².